The summed E-state index contributed by atoms with van der Waals surface area (Å²) in [7, 11) is 0. The Kier molecular flexibility index (Phi) is 3.31. The van der Waals surface area contributed by atoms with Crippen molar-refractivity contribution in [2.75, 3.05) is 0 Å². The Labute approximate surface area is 118 Å². The van der Waals surface area contributed by atoms with E-state index in [1.165, 1.54) is 11.1 Å². The van der Waals surface area contributed by atoms with E-state index in [4.69, 9.17) is 5.73 Å². The summed E-state index contributed by atoms with van der Waals surface area (Å²) in [6.45, 7) is 2.10. The third kappa shape index (κ3) is 2.46. The number of hydrogen-bond donors (Lipinski definition) is 2. The SMILES string of the molecule is Cc1ccccc1-c1ccc(C2=CNC(N)N=C2)nc1. The molecule has 4 nitrogen and oxygen atoms in total. The molecule has 1 unspecified atom stereocenters. The first kappa shape index (κ1) is 12.6. The van der Waals surface area contributed by atoms with Crippen LogP contribution in [-0.4, -0.2) is 17.5 Å². The van der Waals surface area contributed by atoms with Gasteiger partial charge in [0.25, 0.3) is 0 Å². The van der Waals surface area contributed by atoms with Crippen LogP contribution in [0.15, 0.2) is 53.8 Å². The van der Waals surface area contributed by atoms with Crippen LogP contribution in [0.5, 0.6) is 0 Å². The maximum absolute atomic E-state index is 5.62. The van der Waals surface area contributed by atoms with Gasteiger partial charge in [-0.3, -0.25) is 15.7 Å². The zero-order valence-corrected chi connectivity index (χ0v) is 11.2. The van der Waals surface area contributed by atoms with Crippen molar-refractivity contribution < 1.29 is 0 Å². The molecule has 0 fully saturated rings. The van der Waals surface area contributed by atoms with Crippen molar-refractivity contribution in [3.8, 4) is 11.1 Å². The van der Waals surface area contributed by atoms with Gasteiger partial charge >= 0.3 is 0 Å². The van der Waals surface area contributed by atoms with E-state index in [1.54, 1.807) is 6.21 Å². The van der Waals surface area contributed by atoms with Crippen molar-refractivity contribution in [1.29, 1.82) is 0 Å². The molecule has 4 heteroatoms. The first-order valence-corrected chi connectivity index (χ1v) is 6.51. The second-order valence-corrected chi connectivity index (χ2v) is 4.74. The number of nitrogens with one attached hydrogen (secondary N) is 1. The van der Waals surface area contributed by atoms with Gasteiger partial charge in [0.05, 0.1) is 5.69 Å². The van der Waals surface area contributed by atoms with Crippen LogP contribution in [0.3, 0.4) is 0 Å². The van der Waals surface area contributed by atoms with E-state index < -0.39 is 0 Å². The fourth-order valence-electron chi connectivity index (χ4n) is 2.18. The fourth-order valence-corrected chi connectivity index (χ4v) is 2.18. The summed E-state index contributed by atoms with van der Waals surface area (Å²) in [5.41, 5.74) is 11.0. The van der Waals surface area contributed by atoms with E-state index in [1.807, 2.05) is 30.6 Å². The van der Waals surface area contributed by atoms with Gasteiger partial charge in [-0.1, -0.05) is 30.3 Å². The maximum Gasteiger partial charge on any atom is 0.170 e. The highest BCUT2D eigenvalue weighted by Crippen LogP contribution is 2.23. The van der Waals surface area contributed by atoms with Gasteiger partial charge in [-0.05, 0) is 24.1 Å². The van der Waals surface area contributed by atoms with Gasteiger partial charge in [-0.15, -0.1) is 0 Å². The first-order chi connectivity index (χ1) is 9.74. The van der Waals surface area contributed by atoms with Crippen LogP contribution < -0.4 is 11.1 Å². The molecule has 1 aliphatic rings. The Hall–Kier alpha value is -2.46. The van der Waals surface area contributed by atoms with E-state index in [0.29, 0.717) is 0 Å². The monoisotopic (exact) mass is 264 g/mol. The molecule has 3 N–H and O–H groups in total. The summed E-state index contributed by atoms with van der Waals surface area (Å²) in [6.07, 6.45) is 5.12. The molecule has 1 aromatic carbocycles. The summed E-state index contributed by atoms with van der Waals surface area (Å²) in [5, 5.41) is 2.96. The number of aryl methyl sites for hydroxylation is 1. The largest absolute Gasteiger partial charge is 0.357 e. The van der Waals surface area contributed by atoms with Crippen LogP contribution in [0.25, 0.3) is 16.7 Å². The Bertz CT molecular complexity index is 671. The molecule has 1 aromatic heterocycles. The molecule has 0 amide bonds. The molecular formula is C16H16N4. The summed E-state index contributed by atoms with van der Waals surface area (Å²) in [5.74, 6) is 0. The van der Waals surface area contributed by atoms with E-state index in [9.17, 15) is 0 Å². The number of nitrogens with two attached hydrogens (primary N) is 1. The molecule has 0 bridgehead atoms. The Morgan fingerprint density at radius 1 is 1.15 bits per heavy atom. The van der Waals surface area contributed by atoms with Crippen LogP contribution in [0.4, 0.5) is 0 Å². The third-order valence-electron chi connectivity index (χ3n) is 3.30. The lowest BCUT2D eigenvalue weighted by Gasteiger charge is -2.13. The normalized spacial score (nSPS) is 17.5. The summed E-state index contributed by atoms with van der Waals surface area (Å²) < 4.78 is 0. The number of aliphatic imine (C=N–C) groups is 1. The molecule has 0 aliphatic carbocycles. The lowest BCUT2D eigenvalue weighted by atomic mass is 10.0. The quantitative estimate of drug-likeness (QED) is 0.875. The molecule has 100 valence electrons. The average Bonchev–Trinajstić information content (AvgIpc) is 2.49. The zero-order chi connectivity index (χ0) is 13.9. The average molecular weight is 264 g/mol. The minimum Gasteiger partial charge on any atom is -0.357 e. The van der Waals surface area contributed by atoms with Crippen molar-refractivity contribution in [2.24, 2.45) is 10.7 Å². The second-order valence-electron chi connectivity index (χ2n) is 4.74. The lowest BCUT2D eigenvalue weighted by Crippen LogP contribution is -2.34. The summed E-state index contributed by atoms with van der Waals surface area (Å²) in [4.78, 5) is 8.62. The van der Waals surface area contributed by atoms with Crippen LogP contribution in [0.1, 0.15) is 11.3 Å². The van der Waals surface area contributed by atoms with Gasteiger partial charge in [0.15, 0.2) is 6.29 Å². The van der Waals surface area contributed by atoms with Crippen molar-refractivity contribution >= 4 is 11.8 Å². The highest BCUT2D eigenvalue weighted by Gasteiger charge is 2.08. The topological polar surface area (TPSA) is 63.3 Å². The molecule has 0 spiro atoms. The molecule has 0 radical (unpaired) electrons. The standard InChI is InChI=1S/C16H16N4/c1-11-4-2-3-5-14(11)12-6-7-15(18-8-12)13-9-19-16(17)20-10-13/h2-10,16,19H,17H2,1H3. The van der Waals surface area contributed by atoms with E-state index in [2.05, 4.69) is 40.4 Å². The number of hydrogen-bond acceptors (Lipinski definition) is 4. The van der Waals surface area contributed by atoms with Gasteiger partial charge in [-0.25, -0.2) is 0 Å². The van der Waals surface area contributed by atoms with Crippen LogP contribution in [0, 0.1) is 6.92 Å². The maximum atomic E-state index is 5.62. The lowest BCUT2D eigenvalue weighted by molar-refractivity contribution is 0.641. The van der Waals surface area contributed by atoms with Crippen molar-refractivity contribution in [3.05, 3.63) is 60.1 Å². The third-order valence-corrected chi connectivity index (χ3v) is 3.30. The van der Waals surface area contributed by atoms with Crippen molar-refractivity contribution in [1.82, 2.24) is 10.3 Å². The smallest absolute Gasteiger partial charge is 0.170 e. The van der Waals surface area contributed by atoms with Gasteiger partial charge < -0.3 is 5.32 Å². The highest BCUT2D eigenvalue weighted by atomic mass is 15.2. The number of allylic oxidation sites excluding steroid dienone is 1. The van der Waals surface area contributed by atoms with E-state index in [0.717, 1.165) is 16.8 Å². The van der Waals surface area contributed by atoms with Gasteiger partial charge in [-0.2, -0.15) is 0 Å². The molecule has 3 rings (SSSR count). The zero-order valence-electron chi connectivity index (χ0n) is 11.2. The molecule has 0 saturated carbocycles. The number of pyridine rings is 1. The molecule has 0 saturated heterocycles. The summed E-state index contributed by atoms with van der Waals surface area (Å²) in [6, 6.07) is 12.4. The van der Waals surface area contributed by atoms with Crippen LogP contribution >= 0.6 is 0 Å². The first-order valence-electron chi connectivity index (χ1n) is 6.51. The minimum atomic E-state index is -0.356. The van der Waals surface area contributed by atoms with Gasteiger partial charge in [0.2, 0.25) is 0 Å². The van der Waals surface area contributed by atoms with E-state index in [-0.39, 0.29) is 6.29 Å². The fraction of sp³-hybridized carbons (Fsp3) is 0.125. The Morgan fingerprint density at radius 3 is 2.65 bits per heavy atom. The van der Waals surface area contributed by atoms with E-state index >= 15 is 0 Å². The molecular weight excluding hydrogens is 248 g/mol. The second kappa shape index (κ2) is 5.27. The van der Waals surface area contributed by atoms with Crippen molar-refractivity contribution in [3.63, 3.8) is 0 Å². The number of rotatable bonds is 2. The predicted octanol–water partition coefficient (Wildman–Crippen LogP) is 2.31. The minimum absolute atomic E-state index is 0.356. The highest BCUT2D eigenvalue weighted by molar-refractivity contribution is 6.09. The molecule has 1 aliphatic heterocycles. The molecule has 20 heavy (non-hydrogen) atoms. The molecule has 1 atom stereocenters. The summed E-state index contributed by atoms with van der Waals surface area (Å²) >= 11 is 0. The molecule has 2 aromatic rings. The van der Waals surface area contributed by atoms with Crippen LogP contribution in [0.2, 0.25) is 0 Å². The number of aromatic nitrogens is 1. The number of nitrogens with zero attached hydrogens (tertiary/aromatic N) is 2. The van der Waals surface area contributed by atoms with Gasteiger partial charge in [0, 0.05) is 29.7 Å². The molecule has 2 heterocycles. The number of benzene rings is 1. The van der Waals surface area contributed by atoms with Crippen molar-refractivity contribution in [2.45, 2.75) is 13.2 Å². The Balaban J connectivity index is 1.89. The van der Waals surface area contributed by atoms with Crippen LogP contribution in [-0.2, 0) is 0 Å². The Morgan fingerprint density at radius 2 is 2.00 bits per heavy atom. The predicted molar refractivity (Wildman–Crippen MR) is 82.0 cm³/mol. The van der Waals surface area contributed by atoms with Gasteiger partial charge in [0.1, 0.15) is 0 Å².